The monoisotopic (exact) mass is 296 g/mol. The second-order valence-electron chi connectivity index (χ2n) is 5.48. The van der Waals surface area contributed by atoms with E-state index in [1.54, 1.807) is 12.1 Å². The molecule has 0 aromatic carbocycles. The summed E-state index contributed by atoms with van der Waals surface area (Å²) in [5.41, 5.74) is 0.835. The van der Waals surface area contributed by atoms with E-state index < -0.39 is 5.54 Å². The highest BCUT2D eigenvalue weighted by Gasteiger charge is 2.33. The molecule has 1 amide bonds. The lowest BCUT2D eigenvalue weighted by Gasteiger charge is -2.36. The zero-order valence-electron chi connectivity index (χ0n) is 11.8. The highest BCUT2D eigenvalue weighted by Crippen LogP contribution is 2.28. The molecule has 1 aliphatic carbocycles. The molecule has 5 heteroatoms. The average molecular weight is 297 g/mol. The third kappa shape index (κ3) is 3.49. The van der Waals surface area contributed by atoms with Gasteiger partial charge in [-0.1, -0.05) is 37.8 Å². The molecule has 0 saturated heterocycles. The summed E-state index contributed by atoms with van der Waals surface area (Å²) in [4.78, 5) is 16.5. The number of aliphatic hydroxyl groups excluding tert-OH is 1. The molecule has 0 radical (unpaired) electrons. The molecule has 1 saturated carbocycles. The third-order valence-corrected chi connectivity index (χ3v) is 4.16. The number of carbonyl (C=O) groups is 1. The summed E-state index contributed by atoms with van der Waals surface area (Å²) in [6.07, 6.45) is 5.63. The van der Waals surface area contributed by atoms with E-state index >= 15 is 0 Å². The largest absolute Gasteiger partial charge is 0.394 e. The van der Waals surface area contributed by atoms with Gasteiger partial charge in [0.1, 0.15) is 5.15 Å². The molecule has 1 aromatic rings. The molecule has 2 N–H and O–H groups in total. The minimum Gasteiger partial charge on any atom is -0.394 e. The van der Waals surface area contributed by atoms with Crippen LogP contribution in [0.3, 0.4) is 0 Å². The van der Waals surface area contributed by atoms with Crippen LogP contribution in [0.2, 0.25) is 5.15 Å². The van der Waals surface area contributed by atoms with Gasteiger partial charge < -0.3 is 10.4 Å². The number of hydrogen-bond donors (Lipinski definition) is 2. The Morgan fingerprint density at radius 2 is 2.10 bits per heavy atom. The van der Waals surface area contributed by atoms with E-state index in [1.165, 1.54) is 6.42 Å². The van der Waals surface area contributed by atoms with Crippen LogP contribution < -0.4 is 5.32 Å². The number of hydrogen-bond acceptors (Lipinski definition) is 3. The Labute approximate surface area is 124 Å². The van der Waals surface area contributed by atoms with Crippen LogP contribution in [0.15, 0.2) is 12.1 Å². The van der Waals surface area contributed by atoms with Crippen molar-refractivity contribution in [2.24, 2.45) is 0 Å². The first kappa shape index (κ1) is 15.3. The van der Waals surface area contributed by atoms with E-state index in [1.807, 2.05) is 6.92 Å². The van der Waals surface area contributed by atoms with Crippen molar-refractivity contribution in [3.8, 4) is 0 Å². The highest BCUT2D eigenvalue weighted by molar-refractivity contribution is 6.29. The minimum atomic E-state index is -0.475. The number of carbonyl (C=O) groups excluding carboxylic acids is 1. The van der Waals surface area contributed by atoms with Crippen LogP contribution in [0.5, 0.6) is 0 Å². The highest BCUT2D eigenvalue weighted by atomic mass is 35.5. The lowest BCUT2D eigenvalue weighted by molar-refractivity contribution is 0.0758. The van der Waals surface area contributed by atoms with Gasteiger partial charge in [-0.05, 0) is 31.4 Å². The molecule has 1 fully saturated rings. The first-order chi connectivity index (χ1) is 9.58. The molecule has 1 aromatic heterocycles. The van der Waals surface area contributed by atoms with Crippen molar-refractivity contribution >= 4 is 17.5 Å². The number of rotatable bonds is 4. The Balaban J connectivity index is 2.16. The average Bonchev–Trinajstić information content (AvgIpc) is 2.47. The quantitative estimate of drug-likeness (QED) is 0.840. The van der Waals surface area contributed by atoms with Crippen molar-refractivity contribution in [3.63, 3.8) is 0 Å². The zero-order valence-corrected chi connectivity index (χ0v) is 12.5. The van der Waals surface area contributed by atoms with Crippen molar-refractivity contribution in [3.05, 3.63) is 28.5 Å². The lowest BCUT2D eigenvalue weighted by atomic mass is 9.82. The van der Waals surface area contributed by atoms with Gasteiger partial charge in [-0.2, -0.15) is 0 Å². The van der Waals surface area contributed by atoms with Crippen LogP contribution in [0.25, 0.3) is 0 Å². The van der Waals surface area contributed by atoms with E-state index in [0.29, 0.717) is 10.7 Å². The fourth-order valence-electron chi connectivity index (χ4n) is 2.73. The van der Waals surface area contributed by atoms with Crippen LogP contribution in [-0.4, -0.2) is 28.1 Å². The number of aryl methyl sites for hydroxylation is 1. The van der Waals surface area contributed by atoms with Gasteiger partial charge in [0.25, 0.3) is 5.91 Å². The normalized spacial score (nSPS) is 17.8. The fraction of sp³-hybridized carbons (Fsp3) is 0.600. The van der Waals surface area contributed by atoms with E-state index in [4.69, 9.17) is 11.6 Å². The fourth-order valence-corrected chi connectivity index (χ4v) is 2.95. The summed E-state index contributed by atoms with van der Waals surface area (Å²) in [5.74, 6) is -0.181. The maximum atomic E-state index is 12.4. The van der Waals surface area contributed by atoms with Gasteiger partial charge in [-0.15, -0.1) is 0 Å². The van der Waals surface area contributed by atoms with Gasteiger partial charge >= 0.3 is 0 Å². The van der Waals surface area contributed by atoms with Gasteiger partial charge in [0, 0.05) is 11.3 Å². The van der Waals surface area contributed by atoms with Crippen LogP contribution in [0.4, 0.5) is 0 Å². The van der Waals surface area contributed by atoms with Gasteiger partial charge in [-0.3, -0.25) is 4.79 Å². The molecule has 2 rings (SSSR count). The van der Waals surface area contributed by atoms with Gasteiger partial charge in [-0.25, -0.2) is 4.98 Å². The maximum Gasteiger partial charge on any atom is 0.251 e. The van der Waals surface area contributed by atoms with Gasteiger partial charge in [0.2, 0.25) is 0 Å². The second-order valence-corrected chi connectivity index (χ2v) is 5.86. The third-order valence-electron chi connectivity index (χ3n) is 3.96. The molecule has 0 unspecified atom stereocenters. The summed E-state index contributed by atoms with van der Waals surface area (Å²) < 4.78 is 0. The summed E-state index contributed by atoms with van der Waals surface area (Å²) in [5, 5.41) is 13.0. The lowest BCUT2D eigenvalue weighted by Crippen LogP contribution is -2.52. The second kappa shape index (κ2) is 6.55. The molecule has 0 atom stereocenters. The predicted octanol–water partition coefficient (Wildman–Crippen LogP) is 2.72. The first-order valence-electron chi connectivity index (χ1n) is 7.18. The summed E-state index contributed by atoms with van der Waals surface area (Å²) >= 11 is 5.94. The summed E-state index contributed by atoms with van der Waals surface area (Å²) in [6, 6.07) is 3.33. The Morgan fingerprint density at radius 1 is 1.40 bits per heavy atom. The van der Waals surface area contributed by atoms with E-state index in [-0.39, 0.29) is 12.5 Å². The Kier molecular flexibility index (Phi) is 5.00. The van der Waals surface area contributed by atoms with Crippen LogP contribution in [0.1, 0.15) is 55.1 Å². The molecule has 1 aliphatic rings. The molecule has 0 bridgehead atoms. The number of nitrogens with one attached hydrogen (secondary N) is 1. The van der Waals surface area contributed by atoms with Crippen molar-refractivity contribution in [2.45, 2.75) is 51.0 Å². The van der Waals surface area contributed by atoms with Crippen LogP contribution in [0, 0.1) is 0 Å². The van der Waals surface area contributed by atoms with E-state index in [0.717, 1.165) is 37.8 Å². The number of nitrogens with zero attached hydrogens (tertiary/aromatic N) is 1. The maximum absolute atomic E-state index is 12.4. The molecule has 1 heterocycles. The first-order valence-corrected chi connectivity index (χ1v) is 7.56. The summed E-state index contributed by atoms with van der Waals surface area (Å²) in [7, 11) is 0. The van der Waals surface area contributed by atoms with Crippen LogP contribution >= 0.6 is 11.6 Å². The SMILES string of the molecule is CCc1cc(C(=O)NC2(CO)CCCCC2)cc(Cl)n1. The summed E-state index contributed by atoms with van der Waals surface area (Å²) in [6.45, 7) is 1.95. The number of aromatic nitrogens is 1. The molecule has 0 aliphatic heterocycles. The number of pyridine rings is 1. The predicted molar refractivity (Wildman–Crippen MR) is 79.0 cm³/mol. The van der Waals surface area contributed by atoms with Crippen molar-refractivity contribution < 1.29 is 9.90 Å². The van der Waals surface area contributed by atoms with E-state index in [2.05, 4.69) is 10.3 Å². The van der Waals surface area contributed by atoms with Gasteiger partial charge in [0.15, 0.2) is 0 Å². The molecular weight excluding hydrogens is 276 g/mol. The molecule has 110 valence electrons. The Morgan fingerprint density at radius 3 is 2.70 bits per heavy atom. The topological polar surface area (TPSA) is 62.2 Å². The molecule has 0 spiro atoms. The molecular formula is C15H21ClN2O2. The number of aliphatic hydroxyl groups is 1. The Bertz CT molecular complexity index is 485. The number of halogens is 1. The van der Waals surface area contributed by atoms with E-state index in [9.17, 15) is 9.90 Å². The molecule has 4 nitrogen and oxygen atoms in total. The minimum absolute atomic E-state index is 0.0157. The Hall–Kier alpha value is -1.13. The van der Waals surface area contributed by atoms with Crippen molar-refractivity contribution in [1.82, 2.24) is 10.3 Å². The standard InChI is InChI=1S/C15H21ClN2O2/c1-2-12-8-11(9-13(16)17-12)14(20)18-15(10-19)6-4-3-5-7-15/h8-9,19H,2-7,10H2,1H3,(H,18,20). The zero-order chi connectivity index (χ0) is 14.6. The molecule has 20 heavy (non-hydrogen) atoms. The van der Waals surface area contributed by atoms with Gasteiger partial charge in [0.05, 0.1) is 12.1 Å². The smallest absolute Gasteiger partial charge is 0.251 e. The van der Waals surface area contributed by atoms with Crippen molar-refractivity contribution in [1.29, 1.82) is 0 Å². The van der Waals surface area contributed by atoms with Crippen LogP contribution in [-0.2, 0) is 6.42 Å². The number of amides is 1. The van der Waals surface area contributed by atoms with Crippen molar-refractivity contribution in [2.75, 3.05) is 6.61 Å².